The van der Waals surface area contributed by atoms with E-state index in [9.17, 15) is 4.79 Å². The van der Waals surface area contributed by atoms with Gasteiger partial charge in [-0.2, -0.15) is 4.98 Å². The Morgan fingerprint density at radius 2 is 1.42 bits per heavy atom. The van der Waals surface area contributed by atoms with Crippen molar-refractivity contribution in [1.82, 2.24) is 9.97 Å². The van der Waals surface area contributed by atoms with Crippen LogP contribution in [0.4, 0.5) is 5.82 Å². The zero-order valence-corrected chi connectivity index (χ0v) is 19.0. The minimum Gasteiger partial charge on any atom is -0.497 e. The normalized spacial score (nSPS) is 10.8. The molecule has 0 radical (unpaired) electrons. The van der Waals surface area contributed by atoms with E-state index in [2.05, 4.69) is 9.97 Å². The highest BCUT2D eigenvalue weighted by Crippen LogP contribution is 2.27. The Hall–Kier alpha value is -4.07. The lowest BCUT2D eigenvalue weighted by molar-refractivity contribution is 0.0594. The molecular weight excluding hydrogens is 422 g/mol. The number of anilines is 1. The molecule has 0 amide bonds. The van der Waals surface area contributed by atoms with Gasteiger partial charge in [-0.1, -0.05) is 24.3 Å². The molecule has 8 nitrogen and oxygen atoms in total. The number of esters is 1. The van der Waals surface area contributed by atoms with Crippen LogP contribution in [0.2, 0.25) is 0 Å². The highest BCUT2D eigenvalue weighted by molar-refractivity contribution is 5.94. The Bertz CT molecular complexity index is 1200. The van der Waals surface area contributed by atoms with Crippen LogP contribution in [0, 0.1) is 6.92 Å². The van der Waals surface area contributed by atoms with Crippen molar-refractivity contribution in [3.63, 3.8) is 0 Å². The van der Waals surface area contributed by atoms with Gasteiger partial charge in [0.25, 0.3) is 0 Å². The van der Waals surface area contributed by atoms with Crippen molar-refractivity contribution in [2.24, 2.45) is 0 Å². The van der Waals surface area contributed by atoms with Crippen LogP contribution in [0.5, 0.6) is 11.5 Å². The largest absolute Gasteiger partial charge is 0.497 e. The van der Waals surface area contributed by atoms with E-state index < -0.39 is 5.97 Å². The van der Waals surface area contributed by atoms with E-state index in [4.69, 9.17) is 18.6 Å². The van der Waals surface area contributed by atoms with Crippen LogP contribution in [0.3, 0.4) is 0 Å². The summed E-state index contributed by atoms with van der Waals surface area (Å²) in [5.74, 6) is 2.02. The highest BCUT2D eigenvalue weighted by Gasteiger charge is 2.24. The van der Waals surface area contributed by atoms with Gasteiger partial charge in [-0.25, -0.2) is 9.78 Å². The molecule has 0 spiro atoms. The van der Waals surface area contributed by atoms with Gasteiger partial charge in [0.15, 0.2) is 11.5 Å². The number of carbonyl (C=O) groups is 1. The highest BCUT2D eigenvalue weighted by atomic mass is 16.5. The first-order valence-electron chi connectivity index (χ1n) is 10.4. The molecule has 0 bridgehead atoms. The van der Waals surface area contributed by atoms with Crippen molar-refractivity contribution in [1.29, 1.82) is 0 Å². The van der Waals surface area contributed by atoms with Gasteiger partial charge in [0, 0.05) is 19.2 Å². The maximum absolute atomic E-state index is 12.6. The molecule has 0 fully saturated rings. The summed E-state index contributed by atoms with van der Waals surface area (Å²) < 4.78 is 21.3. The second kappa shape index (κ2) is 9.60. The van der Waals surface area contributed by atoms with Crippen LogP contribution < -0.4 is 14.4 Å². The number of benzene rings is 2. The first kappa shape index (κ1) is 22.1. The van der Waals surface area contributed by atoms with Crippen LogP contribution in [-0.2, 0) is 17.8 Å². The molecule has 4 aromatic rings. The van der Waals surface area contributed by atoms with Gasteiger partial charge in [0.05, 0.1) is 21.3 Å². The molecule has 8 heteroatoms. The summed E-state index contributed by atoms with van der Waals surface area (Å²) in [6.07, 6.45) is 0. The van der Waals surface area contributed by atoms with Gasteiger partial charge < -0.3 is 23.5 Å². The second-order valence-corrected chi connectivity index (χ2v) is 7.49. The third-order valence-electron chi connectivity index (χ3n) is 5.21. The lowest BCUT2D eigenvalue weighted by Gasteiger charge is -2.25. The summed E-state index contributed by atoms with van der Waals surface area (Å²) >= 11 is 0. The number of hydrogen-bond acceptors (Lipinski definition) is 8. The molecule has 0 saturated carbocycles. The molecule has 33 heavy (non-hydrogen) atoms. The molecule has 0 aliphatic heterocycles. The number of fused-ring (bicyclic) bond motifs is 1. The number of ether oxygens (including phenoxy) is 3. The fourth-order valence-electron chi connectivity index (χ4n) is 3.53. The number of furan rings is 1. The molecule has 4 rings (SSSR count). The number of carbonyl (C=O) groups excluding carboxylic acids is 1. The van der Waals surface area contributed by atoms with E-state index in [1.54, 1.807) is 20.3 Å². The summed E-state index contributed by atoms with van der Waals surface area (Å²) in [6.45, 7) is 2.76. The van der Waals surface area contributed by atoms with Crippen molar-refractivity contribution >= 4 is 23.0 Å². The fourth-order valence-corrected chi connectivity index (χ4v) is 3.53. The summed E-state index contributed by atoms with van der Waals surface area (Å²) in [5, 5.41) is 0. The Morgan fingerprint density at radius 1 is 0.879 bits per heavy atom. The third kappa shape index (κ3) is 4.90. The predicted molar refractivity (Wildman–Crippen MR) is 124 cm³/mol. The molecule has 0 N–H and O–H groups in total. The first-order valence-corrected chi connectivity index (χ1v) is 10.4. The maximum atomic E-state index is 12.6. The molecule has 2 aromatic carbocycles. The number of rotatable bonds is 8. The first-order chi connectivity index (χ1) is 16.0. The van der Waals surface area contributed by atoms with Crippen molar-refractivity contribution in [2.45, 2.75) is 20.0 Å². The standard InChI is InChI=1S/C25H25N3O5/c1-16-13-21-24(33-16)27-23(22(26-21)25(29)32-4)28(14-17-5-9-19(30-2)10-6-17)15-18-7-11-20(31-3)12-8-18/h5-13H,14-15H2,1-4H3. The minimum absolute atomic E-state index is 0.132. The summed E-state index contributed by atoms with van der Waals surface area (Å²) in [4.78, 5) is 23.8. The SMILES string of the molecule is COC(=O)c1nc2cc(C)oc2nc1N(Cc1ccc(OC)cc1)Cc1ccc(OC)cc1. The number of methoxy groups -OCH3 is 3. The van der Waals surface area contributed by atoms with Crippen LogP contribution in [0.25, 0.3) is 11.2 Å². The van der Waals surface area contributed by atoms with E-state index >= 15 is 0 Å². The van der Waals surface area contributed by atoms with Crippen LogP contribution >= 0.6 is 0 Å². The summed E-state index contributed by atoms with van der Waals surface area (Å²) in [7, 11) is 4.59. The number of aromatic nitrogens is 2. The molecule has 0 unspecified atom stereocenters. The quantitative estimate of drug-likeness (QED) is 0.364. The molecule has 2 heterocycles. The van der Waals surface area contributed by atoms with Gasteiger partial charge in [-0.15, -0.1) is 0 Å². The summed E-state index contributed by atoms with van der Waals surface area (Å²) in [5.41, 5.74) is 3.03. The van der Waals surface area contributed by atoms with Crippen molar-refractivity contribution in [3.8, 4) is 11.5 Å². The van der Waals surface area contributed by atoms with E-state index in [0.29, 0.717) is 35.9 Å². The van der Waals surface area contributed by atoms with Crippen LogP contribution in [-0.4, -0.2) is 37.3 Å². The number of nitrogens with zero attached hydrogens (tertiary/aromatic N) is 3. The van der Waals surface area contributed by atoms with Gasteiger partial charge in [-0.05, 0) is 42.3 Å². The van der Waals surface area contributed by atoms with Crippen LogP contribution in [0.15, 0.2) is 59.0 Å². The van der Waals surface area contributed by atoms with Gasteiger partial charge >= 0.3 is 5.97 Å². The lowest BCUT2D eigenvalue weighted by atomic mass is 10.1. The molecular formula is C25H25N3O5. The maximum Gasteiger partial charge on any atom is 0.360 e. The van der Waals surface area contributed by atoms with Crippen molar-refractivity contribution in [2.75, 3.05) is 26.2 Å². The average Bonchev–Trinajstić information content (AvgIpc) is 3.22. The average molecular weight is 447 g/mol. The van der Waals surface area contributed by atoms with E-state index in [1.165, 1.54) is 7.11 Å². The van der Waals surface area contributed by atoms with E-state index in [-0.39, 0.29) is 5.69 Å². The minimum atomic E-state index is -0.562. The molecule has 2 aromatic heterocycles. The van der Waals surface area contributed by atoms with Crippen molar-refractivity contribution < 1.29 is 23.4 Å². The van der Waals surface area contributed by atoms with E-state index in [0.717, 1.165) is 22.6 Å². The predicted octanol–water partition coefficient (Wildman–Crippen LogP) is 4.54. The summed E-state index contributed by atoms with van der Waals surface area (Å²) in [6, 6.07) is 17.2. The van der Waals surface area contributed by atoms with Gasteiger partial charge in [0.2, 0.25) is 5.71 Å². The Morgan fingerprint density at radius 3 is 1.91 bits per heavy atom. The molecule has 0 aliphatic rings. The third-order valence-corrected chi connectivity index (χ3v) is 5.21. The smallest absolute Gasteiger partial charge is 0.360 e. The lowest BCUT2D eigenvalue weighted by Crippen LogP contribution is -2.26. The number of hydrogen-bond donors (Lipinski definition) is 0. The Balaban J connectivity index is 1.79. The molecule has 0 aliphatic carbocycles. The van der Waals surface area contributed by atoms with Crippen LogP contribution in [0.1, 0.15) is 27.4 Å². The Labute approximate surface area is 191 Å². The topological polar surface area (TPSA) is 86.9 Å². The number of aryl methyl sites for hydroxylation is 1. The van der Waals surface area contributed by atoms with E-state index in [1.807, 2.05) is 60.4 Å². The molecule has 0 atom stereocenters. The van der Waals surface area contributed by atoms with Gasteiger partial charge in [-0.3, -0.25) is 0 Å². The fraction of sp³-hybridized carbons (Fsp3) is 0.240. The molecule has 170 valence electrons. The monoisotopic (exact) mass is 447 g/mol. The second-order valence-electron chi connectivity index (χ2n) is 7.49. The van der Waals surface area contributed by atoms with Gasteiger partial charge in [0.1, 0.15) is 22.8 Å². The molecule has 0 saturated heterocycles. The van der Waals surface area contributed by atoms with Crippen molar-refractivity contribution in [3.05, 3.63) is 77.2 Å². The zero-order chi connectivity index (χ0) is 23.4. The zero-order valence-electron chi connectivity index (χ0n) is 19.0. The Kier molecular flexibility index (Phi) is 6.44.